The molecule has 0 saturated carbocycles. The van der Waals surface area contributed by atoms with Gasteiger partial charge in [-0.2, -0.15) is 0 Å². The number of para-hydroxylation sites is 1. The maximum Gasteiger partial charge on any atom is 0.256 e. The minimum Gasteiger partial charge on any atom is -0.312 e. The third-order valence-corrected chi connectivity index (χ3v) is 7.13. The van der Waals surface area contributed by atoms with Gasteiger partial charge >= 0.3 is 0 Å². The molecule has 0 bridgehead atoms. The molecule has 0 fully saturated rings. The van der Waals surface area contributed by atoms with E-state index in [0.717, 1.165) is 20.7 Å². The molecule has 1 amide bonds. The van der Waals surface area contributed by atoms with E-state index in [2.05, 4.69) is 20.5 Å². The van der Waals surface area contributed by atoms with Crippen molar-refractivity contribution in [3.8, 4) is 16.4 Å². The van der Waals surface area contributed by atoms with Gasteiger partial charge in [0.1, 0.15) is 5.00 Å². The molecule has 0 radical (unpaired) electrons. The van der Waals surface area contributed by atoms with Gasteiger partial charge in [-0.25, -0.2) is 4.98 Å². The molecule has 3 heterocycles. The zero-order valence-corrected chi connectivity index (χ0v) is 18.5. The Balaban J connectivity index is 1.42. The highest BCUT2D eigenvalue weighted by molar-refractivity contribution is 8.01. The molecule has 6 nitrogen and oxygen atoms in total. The molecule has 5 rings (SSSR count). The van der Waals surface area contributed by atoms with E-state index in [-0.39, 0.29) is 5.91 Å². The van der Waals surface area contributed by atoms with Crippen molar-refractivity contribution in [2.24, 2.45) is 0 Å². The van der Waals surface area contributed by atoms with Crippen LogP contribution in [0.2, 0.25) is 0 Å². The first-order valence-corrected chi connectivity index (χ1v) is 11.8. The van der Waals surface area contributed by atoms with E-state index in [0.29, 0.717) is 15.7 Å². The monoisotopic (exact) mass is 461 g/mol. The summed E-state index contributed by atoms with van der Waals surface area (Å²) in [5, 5.41) is 15.2. The summed E-state index contributed by atoms with van der Waals surface area (Å²) in [5.41, 5.74) is 1.59. The van der Waals surface area contributed by atoms with Crippen LogP contribution >= 0.6 is 34.4 Å². The molecular formula is C22H15N5OS3. The Morgan fingerprint density at radius 1 is 0.935 bits per heavy atom. The Morgan fingerprint density at radius 3 is 2.45 bits per heavy atom. The van der Waals surface area contributed by atoms with Crippen molar-refractivity contribution >= 4 is 45.3 Å². The number of thiophene rings is 1. The number of nitrogens with zero attached hydrogens (tertiary/aromatic N) is 4. The number of nitrogens with one attached hydrogen (secondary N) is 1. The Kier molecular flexibility index (Phi) is 5.61. The molecule has 9 heteroatoms. The van der Waals surface area contributed by atoms with Crippen molar-refractivity contribution in [1.29, 1.82) is 0 Å². The Hall–Kier alpha value is -3.27. The largest absolute Gasteiger partial charge is 0.312 e. The van der Waals surface area contributed by atoms with Gasteiger partial charge in [0.25, 0.3) is 5.91 Å². The van der Waals surface area contributed by atoms with Crippen LogP contribution in [0.15, 0.2) is 93.9 Å². The van der Waals surface area contributed by atoms with Crippen LogP contribution in [0, 0.1) is 0 Å². The molecular weight excluding hydrogens is 446 g/mol. The van der Waals surface area contributed by atoms with E-state index in [9.17, 15) is 4.79 Å². The summed E-state index contributed by atoms with van der Waals surface area (Å²) in [6.07, 6.45) is 1.66. The van der Waals surface area contributed by atoms with Gasteiger partial charge in [0.05, 0.1) is 11.1 Å². The standard InChI is InChI=1S/C22H15N5OS3/c28-20(15-8-3-1-4-9-15)24-18-14-23-22(30-18)31-21-26-25-19(17-12-7-13-29-17)27(21)16-10-5-2-6-11-16/h1-14H,(H,24,28). The van der Waals surface area contributed by atoms with Crippen LogP contribution in [0.4, 0.5) is 5.00 Å². The van der Waals surface area contributed by atoms with Crippen molar-refractivity contribution < 1.29 is 4.79 Å². The fourth-order valence-corrected chi connectivity index (χ4v) is 5.45. The van der Waals surface area contributed by atoms with Crippen LogP contribution in [0.5, 0.6) is 0 Å². The molecule has 2 aromatic carbocycles. The van der Waals surface area contributed by atoms with Crippen molar-refractivity contribution in [1.82, 2.24) is 19.7 Å². The molecule has 0 spiro atoms. The quantitative estimate of drug-likeness (QED) is 0.343. The van der Waals surface area contributed by atoms with Crippen LogP contribution in [0.1, 0.15) is 10.4 Å². The lowest BCUT2D eigenvalue weighted by molar-refractivity contribution is 0.102. The molecule has 1 N–H and O–H groups in total. The summed E-state index contributed by atoms with van der Waals surface area (Å²) in [5.74, 6) is 0.631. The summed E-state index contributed by atoms with van der Waals surface area (Å²) in [4.78, 5) is 17.9. The van der Waals surface area contributed by atoms with Crippen LogP contribution in [0.25, 0.3) is 16.4 Å². The van der Waals surface area contributed by atoms with E-state index in [4.69, 9.17) is 0 Å². The third kappa shape index (κ3) is 4.29. The number of hydrogen-bond donors (Lipinski definition) is 1. The van der Waals surface area contributed by atoms with E-state index < -0.39 is 0 Å². The van der Waals surface area contributed by atoms with E-state index in [1.165, 1.54) is 23.1 Å². The van der Waals surface area contributed by atoms with Crippen LogP contribution in [-0.2, 0) is 0 Å². The molecule has 5 aromatic rings. The highest BCUT2D eigenvalue weighted by Crippen LogP contribution is 2.36. The Morgan fingerprint density at radius 2 is 1.71 bits per heavy atom. The van der Waals surface area contributed by atoms with Gasteiger partial charge in [0.15, 0.2) is 10.2 Å². The predicted molar refractivity (Wildman–Crippen MR) is 125 cm³/mol. The second-order valence-corrected chi connectivity index (χ2v) is 9.56. The number of benzene rings is 2. The maximum absolute atomic E-state index is 12.4. The molecule has 31 heavy (non-hydrogen) atoms. The highest BCUT2D eigenvalue weighted by atomic mass is 32.2. The number of amides is 1. The average Bonchev–Trinajstić information content (AvgIpc) is 3.56. The normalized spacial score (nSPS) is 10.8. The molecule has 152 valence electrons. The predicted octanol–water partition coefficient (Wildman–Crippen LogP) is 5.86. The second-order valence-electron chi connectivity index (χ2n) is 6.37. The maximum atomic E-state index is 12.4. The van der Waals surface area contributed by atoms with E-state index >= 15 is 0 Å². The van der Waals surface area contributed by atoms with Gasteiger partial charge in [-0.1, -0.05) is 53.8 Å². The van der Waals surface area contributed by atoms with Crippen molar-refractivity contribution in [2.45, 2.75) is 9.50 Å². The number of hydrogen-bond acceptors (Lipinski definition) is 7. The zero-order chi connectivity index (χ0) is 21.0. The number of thiazole rings is 1. The van der Waals surface area contributed by atoms with Crippen LogP contribution < -0.4 is 5.32 Å². The number of rotatable bonds is 6. The van der Waals surface area contributed by atoms with Gasteiger partial charge in [-0.3, -0.25) is 9.36 Å². The van der Waals surface area contributed by atoms with Gasteiger partial charge < -0.3 is 5.32 Å². The summed E-state index contributed by atoms with van der Waals surface area (Å²) >= 11 is 4.44. The molecule has 0 aliphatic carbocycles. The van der Waals surface area contributed by atoms with E-state index in [1.807, 2.05) is 70.6 Å². The minimum atomic E-state index is -0.159. The molecule has 3 aromatic heterocycles. The van der Waals surface area contributed by atoms with Crippen molar-refractivity contribution in [3.63, 3.8) is 0 Å². The molecule has 0 atom stereocenters. The van der Waals surface area contributed by atoms with E-state index in [1.54, 1.807) is 29.7 Å². The number of carbonyl (C=O) groups excluding carboxylic acids is 1. The van der Waals surface area contributed by atoms with Gasteiger partial charge in [-0.05, 0) is 47.5 Å². The van der Waals surface area contributed by atoms with Gasteiger partial charge in [-0.15, -0.1) is 21.5 Å². The smallest absolute Gasteiger partial charge is 0.256 e. The van der Waals surface area contributed by atoms with Crippen LogP contribution in [0.3, 0.4) is 0 Å². The Labute approximate surface area is 190 Å². The zero-order valence-electron chi connectivity index (χ0n) is 16.0. The van der Waals surface area contributed by atoms with Crippen molar-refractivity contribution in [3.05, 3.63) is 89.9 Å². The van der Waals surface area contributed by atoms with Crippen molar-refractivity contribution in [2.75, 3.05) is 5.32 Å². The first-order valence-electron chi connectivity index (χ1n) is 9.33. The summed E-state index contributed by atoms with van der Waals surface area (Å²) in [6.45, 7) is 0. The summed E-state index contributed by atoms with van der Waals surface area (Å²) in [7, 11) is 0. The fourth-order valence-electron chi connectivity index (χ4n) is 2.93. The molecule has 0 unspecified atom stereocenters. The summed E-state index contributed by atoms with van der Waals surface area (Å²) < 4.78 is 2.80. The summed E-state index contributed by atoms with van der Waals surface area (Å²) in [6, 6.07) is 23.2. The minimum absolute atomic E-state index is 0.159. The topological polar surface area (TPSA) is 72.7 Å². The lowest BCUT2D eigenvalue weighted by Gasteiger charge is -2.08. The number of aromatic nitrogens is 4. The van der Waals surface area contributed by atoms with Gasteiger partial charge in [0.2, 0.25) is 5.16 Å². The molecule has 0 aliphatic rings. The number of anilines is 1. The third-order valence-electron chi connectivity index (χ3n) is 4.33. The highest BCUT2D eigenvalue weighted by Gasteiger charge is 2.19. The van der Waals surface area contributed by atoms with Gasteiger partial charge in [0, 0.05) is 11.3 Å². The number of carbonyl (C=O) groups is 1. The molecule has 0 aliphatic heterocycles. The fraction of sp³-hybridized carbons (Fsp3) is 0. The first kappa shape index (κ1) is 19.7. The average molecular weight is 462 g/mol. The molecule has 0 saturated heterocycles. The SMILES string of the molecule is O=C(Nc1cnc(Sc2nnc(-c3cccs3)n2-c2ccccc2)s1)c1ccccc1. The van der Waals surface area contributed by atoms with Crippen LogP contribution in [-0.4, -0.2) is 25.7 Å². The lowest BCUT2D eigenvalue weighted by atomic mass is 10.2. The first-order chi connectivity index (χ1) is 15.3. The second kappa shape index (κ2) is 8.84. The lowest BCUT2D eigenvalue weighted by Crippen LogP contribution is -2.10. The Bertz CT molecular complexity index is 1300.